The van der Waals surface area contributed by atoms with Gasteiger partial charge < -0.3 is 4.90 Å². The normalized spacial score (nSPS) is 14.2. The van der Waals surface area contributed by atoms with Gasteiger partial charge in [-0.1, -0.05) is 29.3 Å². The van der Waals surface area contributed by atoms with Gasteiger partial charge in [0.15, 0.2) is 5.13 Å². The third-order valence-corrected chi connectivity index (χ3v) is 5.66. The average molecular weight is 398 g/mol. The molecule has 3 rings (SSSR count). The van der Waals surface area contributed by atoms with Crippen LogP contribution in [0.3, 0.4) is 0 Å². The van der Waals surface area contributed by atoms with E-state index in [-0.39, 0.29) is 18.2 Å². The van der Waals surface area contributed by atoms with E-state index >= 15 is 0 Å². The Balaban J connectivity index is 1.60. The molecule has 0 radical (unpaired) electrons. The number of hydrogen-bond acceptors (Lipinski definition) is 4. The van der Waals surface area contributed by atoms with Crippen LogP contribution in [0, 0.1) is 0 Å². The van der Waals surface area contributed by atoms with Crippen LogP contribution in [0.25, 0.3) is 0 Å². The smallest absolute Gasteiger partial charge is 0.228 e. The highest BCUT2D eigenvalue weighted by Crippen LogP contribution is 2.26. The van der Waals surface area contributed by atoms with E-state index in [1.165, 1.54) is 11.3 Å². The number of amides is 2. The Morgan fingerprint density at radius 3 is 2.84 bits per heavy atom. The van der Waals surface area contributed by atoms with Crippen molar-refractivity contribution in [2.45, 2.75) is 25.8 Å². The summed E-state index contributed by atoms with van der Waals surface area (Å²) in [5.74, 6) is 0.0552. The molecule has 0 atom stereocenters. The van der Waals surface area contributed by atoms with Crippen LogP contribution in [0.4, 0.5) is 5.13 Å². The molecule has 0 saturated carbocycles. The third-order valence-electron chi connectivity index (χ3n) is 4.01. The molecule has 1 fully saturated rings. The van der Waals surface area contributed by atoms with Crippen LogP contribution in [0.2, 0.25) is 10.0 Å². The van der Waals surface area contributed by atoms with E-state index < -0.39 is 0 Å². The lowest BCUT2D eigenvalue weighted by molar-refractivity contribution is -0.129. The van der Waals surface area contributed by atoms with Gasteiger partial charge in [-0.15, -0.1) is 11.3 Å². The minimum Gasteiger partial charge on any atom is -0.341 e. The van der Waals surface area contributed by atoms with E-state index in [1.807, 2.05) is 11.4 Å². The van der Waals surface area contributed by atoms with Gasteiger partial charge in [0.1, 0.15) is 0 Å². The fourth-order valence-corrected chi connectivity index (χ4v) is 3.83. The lowest BCUT2D eigenvalue weighted by Crippen LogP contribution is -2.28. The molecule has 5 nitrogen and oxygen atoms in total. The number of hydrogen-bond donors (Lipinski definition) is 0. The molecular formula is C17H17Cl2N3O2S. The summed E-state index contributed by atoms with van der Waals surface area (Å²) in [4.78, 5) is 31.9. The second kappa shape index (κ2) is 7.72. The van der Waals surface area contributed by atoms with Gasteiger partial charge in [0.05, 0.1) is 22.2 Å². The number of thiazole rings is 1. The molecule has 0 spiro atoms. The highest BCUT2D eigenvalue weighted by Gasteiger charge is 2.24. The van der Waals surface area contributed by atoms with Crippen LogP contribution < -0.4 is 4.90 Å². The van der Waals surface area contributed by atoms with Crippen molar-refractivity contribution >= 4 is 51.5 Å². The number of nitrogens with zero attached hydrogens (tertiary/aromatic N) is 3. The van der Waals surface area contributed by atoms with Crippen molar-refractivity contribution in [2.24, 2.45) is 0 Å². The van der Waals surface area contributed by atoms with E-state index in [4.69, 9.17) is 23.2 Å². The highest BCUT2D eigenvalue weighted by molar-refractivity contribution is 7.14. The minimum absolute atomic E-state index is 0.0457. The standard InChI is InChI=1S/C17H17Cl2N3O2S/c1-21(9-11-4-5-13(18)14(19)7-11)16(24)8-12-10-25-17(20-12)22-6-2-3-15(22)23/h4-5,7,10H,2-3,6,8-9H2,1H3. The Morgan fingerprint density at radius 2 is 2.16 bits per heavy atom. The van der Waals surface area contributed by atoms with Crippen molar-refractivity contribution in [2.75, 3.05) is 18.5 Å². The average Bonchev–Trinajstić information content (AvgIpc) is 3.19. The lowest BCUT2D eigenvalue weighted by Gasteiger charge is -2.17. The summed E-state index contributed by atoms with van der Waals surface area (Å²) in [5, 5.41) is 3.48. The zero-order chi connectivity index (χ0) is 18.0. The first-order valence-corrected chi connectivity index (χ1v) is 9.50. The maximum atomic E-state index is 12.4. The van der Waals surface area contributed by atoms with Crippen LogP contribution >= 0.6 is 34.5 Å². The Labute approximate surface area is 160 Å². The molecule has 8 heteroatoms. The quantitative estimate of drug-likeness (QED) is 0.771. The van der Waals surface area contributed by atoms with Crippen molar-refractivity contribution in [3.8, 4) is 0 Å². The molecule has 25 heavy (non-hydrogen) atoms. The number of halogens is 2. The first-order valence-electron chi connectivity index (χ1n) is 7.86. The Bertz CT molecular complexity index is 809. The van der Waals surface area contributed by atoms with Gasteiger partial charge in [-0.25, -0.2) is 4.98 Å². The molecule has 1 aromatic carbocycles. The molecule has 0 unspecified atom stereocenters. The van der Waals surface area contributed by atoms with E-state index in [0.717, 1.165) is 12.0 Å². The maximum Gasteiger partial charge on any atom is 0.228 e. The van der Waals surface area contributed by atoms with Crippen LogP contribution in [0.5, 0.6) is 0 Å². The molecule has 0 aliphatic carbocycles. The van der Waals surface area contributed by atoms with Gasteiger partial charge >= 0.3 is 0 Å². The lowest BCUT2D eigenvalue weighted by atomic mass is 10.2. The van der Waals surface area contributed by atoms with Crippen molar-refractivity contribution in [1.82, 2.24) is 9.88 Å². The summed E-state index contributed by atoms with van der Waals surface area (Å²) in [6.07, 6.45) is 1.63. The first kappa shape index (κ1) is 18.2. The van der Waals surface area contributed by atoms with Gasteiger partial charge in [-0.3, -0.25) is 14.5 Å². The Kier molecular flexibility index (Phi) is 5.61. The summed E-state index contributed by atoms with van der Waals surface area (Å²) in [5.41, 5.74) is 1.59. The van der Waals surface area contributed by atoms with Gasteiger partial charge in [-0.2, -0.15) is 0 Å². The SMILES string of the molecule is CN(Cc1ccc(Cl)c(Cl)c1)C(=O)Cc1csc(N2CCCC2=O)n1. The molecule has 1 saturated heterocycles. The minimum atomic E-state index is -0.0457. The zero-order valence-electron chi connectivity index (χ0n) is 13.7. The molecular weight excluding hydrogens is 381 g/mol. The Hall–Kier alpha value is -1.63. The molecule has 1 aliphatic heterocycles. The van der Waals surface area contributed by atoms with Crippen LogP contribution in [0.15, 0.2) is 23.6 Å². The number of carbonyl (C=O) groups excluding carboxylic acids is 2. The second-order valence-corrected chi connectivity index (χ2v) is 7.60. The number of anilines is 1. The fourth-order valence-electron chi connectivity index (χ4n) is 2.64. The van der Waals surface area contributed by atoms with Crippen molar-refractivity contribution in [3.63, 3.8) is 0 Å². The number of benzene rings is 1. The van der Waals surface area contributed by atoms with E-state index in [0.29, 0.717) is 40.4 Å². The largest absolute Gasteiger partial charge is 0.341 e. The van der Waals surface area contributed by atoms with Crippen molar-refractivity contribution in [1.29, 1.82) is 0 Å². The zero-order valence-corrected chi connectivity index (χ0v) is 16.0. The number of likely N-dealkylation sites (N-methyl/N-ethyl adjacent to an activating group) is 1. The summed E-state index contributed by atoms with van der Waals surface area (Å²) in [6.45, 7) is 1.15. The topological polar surface area (TPSA) is 53.5 Å². The molecule has 2 heterocycles. The van der Waals surface area contributed by atoms with Gasteiger partial charge in [-0.05, 0) is 24.1 Å². The van der Waals surface area contributed by atoms with Gasteiger partial charge in [0.25, 0.3) is 0 Å². The Morgan fingerprint density at radius 1 is 1.36 bits per heavy atom. The molecule has 0 bridgehead atoms. The summed E-state index contributed by atoms with van der Waals surface area (Å²) >= 11 is 13.3. The molecule has 2 amide bonds. The highest BCUT2D eigenvalue weighted by atomic mass is 35.5. The summed E-state index contributed by atoms with van der Waals surface area (Å²) < 4.78 is 0. The predicted molar refractivity (Wildman–Crippen MR) is 100 cm³/mol. The predicted octanol–water partition coefficient (Wildman–Crippen LogP) is 3.78. The maximum absolute atomic E-state index is 12.4. The molecule has 2 aromatic rings. The number of aromatic nitrogens is 1. The summed E-state index contributed by atoms with van der Waals surface area (Å²) in [6, 6.07) is 5.32. The molecule has 1 aliphatic rings. The van der Waals surface area contributed by atoms with E-state index in [1.54, 1.807) is 29.0 Å². The third kappa shape index (κ3) is 4.32. The monoisotopic (exact) mass is 397 g/mol. The van der Waals surface area contributed by atoms with Crippen LogP contribution in [0.1, 0.15) is 24.1 Å². The number of carbonyl (C=O) groups is 2. The van der Waals surface area contributed by atoms with Crippen molar-refractivity contribution < 1.29 is 9.59 Å². The van der Waals surface area contributed by atoms with Crippen molar-refractivity contribution in [3.05, 3.63) is 44.9 Å². The number of rotatable bonds is 5. The molecule has 132 valence electrons. The van der Waals surface area contributed by atoms with Crippen LogP contribution in [-0.4, -0.2) is 35.3 Å². The van der Waals surface area contributed by atoms with Gasteiger partial charge in [0.2, 0.25) is 11.8 Å². The van der Waals surface area contributed by atoms with Crippen LogP contribution in [-0.2, 0) is 22.6 Å². The van der Waals surface area contributed by atoms with Gasteiger partial charge in [0, 0.05) is 31.9 Å². The fraction of sp³-hybridized carbons (Fsp3) is 0.353. The molecule has 1 aromatic heterocycles. The van der Waals surface area contributed by atoms with E-state index in [2.05, 4.69) is 4.98 Å². The van der Waals surface area contributed by atoms with E-state index in [9.17, 15) is 9.59 Å². The molecule has 0 N–H and O–H groups in total. The summed E-state index contributed by atoms with van der Waals surface area (Å²) in [7, 11) is 1.74. The first-order chi connectivity index (χ1) is 11.9. The second-order valence-electron chi connectivity index (χ2n) is 5.95.